The van der Waals surface area contributed by atoms with Crippen LogP contribution in [0.15, 0.2) is 18.2 Å². The van der Waals surface area contributed by atoms with Gasteiger partial charge in [-0.05, 0) is 29.7 Å². The highest BCUT2D eigenvalue weighted by Gasteiger charge is 2.23. The third kappa shape index (κ3) is 2.75. The van der Waals surface area contributed by atoms with Gasteiger partial charge in [-0.15, -0.1) is 6.42 Å². The third-order valence-corrected chi connectivity index (χ3v) is 3.39. The van der Waals surface area contributed by atoms with E-state index in [4.69, 9.17) is 11.5 Å². The van der Waals surface area contributed by atoms with E-state index in [1.54, 1.807) is 24.1 Å². The van der Waals surface area contributed by atoms with E-state index < -0.39 is 5.97 Å². The summed E-state index contributed by atoms with van der Waals surface area (Å²) in [4.78, 5) is 26.3. The lowest BCUT2D eigenvalue weighted by Crippen LogP contribution is -2.43. The van der Waals surface area contributed by atoms with Gasteiger partial charge in [0, 0.05) is 20.1 Å². The van der Waals surface area contributed by atoms with Crippen LogP contribution in [0.4, 0.5) is 4.79 Å². The van der Waals surface area contributed by atoms with Crippen LogP contribution in [-0.2, 0) is 13.0 Å². The molecule has 0 aliphatic carbocycles. The highest BCUT2D eigenvalue weighted by atomic mass is 16.4. The van der Waals surface area contributed by atoms with Crippen LogP contribution in [-0.4, -0.2) is 47.0 Å². The molecule has 0 saturated carbocycles. The topological polar surface area (TPSA) is 60.9 Å². The van der Waals surface area contributed by atoms with E-state index in [9.17, 15) is 9.59 Å². The van der Waals surface area contributed by atoms with Gasteiger partial charge >= 0.3 is 12.0 Å². The molecule has 0 bridgehead atoms. The summed E-state index contributed by atoms with van der Waals surface area (Å²) in [5.41, 5.74) is 2.23. The Hall–Kier alpha value is -2.48. The molecule has 20 heavy (non-hydrogen) atoms. The molecular weight excluding hydrogens is 256 g/mol. The van der Waals surface area contributed by atoms with Crippen molar-refractivity contribution in [3.63, 3.8) is 0 Å². The van der Waals surface area contributed by atoms with Crippen molar-refractivity contribution < 1.29 is 14.7 Å². The van der Waals surface area contributed by atoms with E-state index in [1.165, 1.54) is 4.90 Å². The Balaban J connectivity index is 2.17. The molecule has 1 aromatic carbocycles. The minimum atomic E-state index is -0.958. The van der Waals surface area contributed by atoms with Crippen molar-refractivity contribution in [3.8, 4) is 12.3 Å². The molecule has 1 aromatic rings. The number of benzene rings is 1. The minimum Gasteiger partial charge on any atom is -0.478 e. The number of amides is 2. The Kier molecular flexibility index (Phi) is 3.94. The third-order valence-electron chi connectivity index (χ3n) is 3.39. The van der Waals surface area contributed by atoms with Gasteiger partial charge in [-0.2, -0.15) is 0 Å². The molecule has 0 aromatic heterocycles. The summed E-state index contributed by atoms with van der Waals surface area (Å²) in [6.45, 7) is 1.30. The summed E-state index contributed by atoms with van der Waals surface area (Å²) in [5.74, 6) is 1.47. The van der Waals surface area contributed by atoms with E-state index >= 15 is 0 Å². The van der Waals surface area contributed by atoms with E-state index in [0.717, 1.165) is 17.5 Å². The molecule has 5 heteroatoms. The zero-order chi connectivity index (χ0) is 14.7. The molecule has 0 atom stereocenters. The van der Waals surface area contributed by atoms with Crippen molar-refractivity contribution in [2.45, 2.75) is 13.0 Å². The predicted octanol–water partition coefficient (Wildman–Crippen LogP) is 1.43. The van der Waals surface area contributed by atoms with Crippen LogP contribution >= 0.6 is 0 Å². The highest BCUT2D eigenvalue weighted by Crippen LogP contribution is 2.21. The molecule has 0 unspecified atom stereocenters. The second-order valence-corrected chi connectivity index (χ2v) is 4.80. The lowest BCUT2D eigenvalue weighted by molar-refractivity contribution is 0.0696. The maximum atomic E-state index is 12.2. The molecule has 1 heterocycles. The van der Waals surface area contributed by atoms with Gasteiger partial charge in [0.05, 0.1) is 12.1 Å². The Morgan fingerprint density at radius 3 is 2.85 bits per heavy atom. The summed E-state index contributed by atoms with van der Waals surface area (Å²) in [7, 11) is 1.66. The van der Waals surface area contributed by atoms with Gasteiger partial charge in [-0.25, -0.2) is 9.59 Å². The zero-order valence-electron chi connectivity index (χ0n) is 11.3. The van der Waals surface area contributed by atoms with E-state index in [0.29, 0.717) is 13.1 Å². The minimum absolute atomic E-state index is 0.130. The first-order valence-corrected chi connectivity index (χ1v) is 6.31. The largest absolute Gasteiger partial charge is 0.478 e. The van der Waals surface area contributed by atoms with E-state index in [-0.39, 0.29) is 18.1 Å². The van der Waals surface area contributed by atoms with Crippen LogP contribution in [0.1, 0.15) is 21.5 Å². The predicted molar refractivity (Wildman–Crippen MR) is 74.4 cm³/mol. The lowest BCUT2D eigenvalue weighted by Gasteiger charge is -2.31. The van der Waals surface area contributed by atoms with Gasteiger partial charge in [0.2, 0.25) is 0 Å². The second-order valence-electron chi connectivity index (χ2n) is 4.80. The van der Waals surface area contributed by atoms with Gasteiger partial charge in [-0.3, -0.25) is 0 Å². The van der Waals surface area contributed by atoms with Crippen molar-refractivity contribution in [3.05, 3.63) is 34.9 Å². The van der Waals surface area contributed by atoms with Crippen molar-refractivity contribution in [1.29, 1.82) is 0 Å². The molecule has 2 amide bonds. The number of hydrogen-bond acceptors (Lipinski definition) is 2. The molecule has 0 fully saturated rings. The quantitative estimate of drug-likeness (QED) is 0.828. The van der Waals surface area contributed by atoms with Crippen molar-refractivity contribution >= 4 is 12.0 Å². The van der Waals surface area contributed by atoms with Gasteiger partial charge in [0.1, 0.15) is 0 Å². The highest BCUT2D eigenvalue weighted by molar-refractivity contribution is 5.88. The van der Waals surface area contributed by atoms with Crippen LogP contribution in [0.25, 0.3) is 0 Å². The fourth-order valence-electron chi connectivity index (χ4n) is 2.30. The summed E-state index contributed by atoms with van der Waals surface area (Å²) >= 11 is 0. The van der Waals surface area contributed by atoms with Crippen molar-refractivity contribution in [1.82, 2.24) is 9.80 Å². The molecule has 0 saturated heterocycles. The normalized spacial score (nSPS) is 13.3. The summed E-state index contributed by atoms with van der Waals surface area (Å²) in [6.07, 6.45) is 5.93. The number of urea groups is 1. The maximum absolute atomic E-state index is 12.2. The van der Waals surface area contributed by atoms with Gasteiger partial charge in [0.15, 0.2) is 0 Å². The Labute approximate surface area is 117 Å². The number of carboxylic acids is 1. The first kappa shape index (κ1) is 13.9. The molecule has 2 rings (SSSR count). The first-order chi connectivity index (χ1) is 9.52. The number of nitrogens with zero attached hydrogens (tertiary/aromatic N) is 2. The molecule has 1 N–H and O–H groups in total. The number of carbonyl (C=O) groups is 2. The van der Waals surface area contributed by atoms with Crippen LogP contribution in [0, 0.1) is 12.3 Å². The van der Waals surface area contributed by atoms with Crippen LogP contribution in [0.3, 0.4) is 0 Å². The van der Waals surface area contributed by atoms with Gasteiger partial charge in [-0.1, -0.05) is 12.0 Å². The smallest absolute Gasteiger partial charge is 0.335 e. The lowest BCUT2D eigenvalue weighted by atomic mass is 9.97. The van der Waals surface area contributed by atoms with Crippen LogP contribution in [0.2, 0.25) is 0 Å². The van der Waals surface area contributed by atoms with Crippen molar-refractivity contribution in [2.24, 2.45) is 0 Å². The average Bonchev–Trinajstić information content (AvgIpc) is 2.45. The number of terminal acetylenes is 1. The molecule has 0 radical (unpaired) electrons. The number of carbonyl (C=O) groups excluding carboxylic acids is 1. The van der Waals surface area contributed by atoms with E-state index in [2.05, 4.69) is 5.92 Å². The number of rotatable bonds is 2. The number of fused-ring (bicyclic) bond motifs is 1. The molecule has 1 aliphatic heterocycles. The fraction of sp³-hybridized carbons (Fsp3) is 0.333. The summed E-state index contributed by atoms with van der Waals surface area (Å²) < 4.78 is 0. The Morgan fingerprint density at radius 2 is 2.20 bits per heavy atom. The van der Waals surface area contributed by atoms with Gasteiger partial charge in [0.25, 0.3) is 0 Å². The monoisotopic (exact) mass is 272 g/mol. The number of aromatic carboxylic acids is 1. The Bertz CT molecular complexity index is 589. The number of hydrogen-bond donors (Lipinski definition) is 1. The van der Waals surface area contributed by atoms with Gasteiger partial charge < -0.3 is 14.9 Å². The van der Waals surface area contributed by atoms with Crippen molar-refractivity contribution in [2.75, 3.05) is 20.1 Å². The zero-order valence-corrected chi connectivity index (χ0v) is 11.3. The average molecular weight is 272 g/mol. The van der Waals surface area contributed by atoms with Crippen LogP contribution in [0.5, 0.6) is 0 Å². The fourth-order valence-corrected chi connectivity index (χ4v) is 2.30. The second kappa shape index (κ2) is 5.66. The molecule has 104 valence electrons. The Morgan fingerprint density at radius 1 is 1.45 bits per heavy atom. The van der Waals surface area contributed by atoms with E-state index in [1.807, 2.05) is 6.07 Å². The standard InChI is InChI=1S/C15H16N2O3/c1-3-7-16(2)15(20)17-8-6-11-4-5-12(14(18)19)9-13(11)10-17/h1,4-5,9H,6-8,10H2,2H3,(H,18,19). The SMILES string of the molecule is C#CCN(C)C(=O)N1CCc2ccc(C(=O)O)cc2C1. The number of carboxylic acid groups (broad SMARTS) is 1. The molecule has 0 spiro atoms. The van der Waals surface area contributed by atoms with Crippen LogP contribution < -0.4 is 0 Å². The molecule has 1 aliphatic rings. The first-order valence-electron chi connectivity index (χ1n) is 6.31. The molecule has 5 nitrogen and oxygen atoms in total. The summed E-state index contributed by atoms with van der Waals surface area (Å²) in [6, 6.07) is 4.93. The summed E-state index contributed by atoms with van der Waals surface area (Å²) in [5, 5.41) is 9.01. The maximum Gasteiger partial charge on any atom is 0.335 e. The molecular formula is C15H16N2O3.